The van der Waals surface area contributed by atoms with Crippen molar-refractivity contribution in [3.8, 4) is 11.8 Å². The molecule has 3 nitrogen and oxygen atoms in total. The van der Waals surface area contributed by atoms with E-state index in [1.54, 1.807) is 12.1 Å². The van der Waals surface area contributed by atoms with Gasteiger partial charge < -0.3 is 10.1 Å². The van der Waals surface area contributed by atoms with Crippen LogP contribution in [-0.4, -0.2) is 19.2 Å². The maximum atomic E-state index is 8.65. The zero-order valence-corrected chi connectivity index (χ0v) is 9.80. The molecule has 1 aliphatic heterocycles. The molecule has 0 atom stereocenters. The minimum Gasteiger partial charge on any atom is -0.490 e. The first kappa shape index (κ1) is 12.8. The lowest BCUT2D eigenvalue weighted by Gasteiger charge is -2.23. The Balaban J connectivity index is 0.00000128. The molecule has 1 N–H and O–H groups in total. The first-order chi connectivity index (χ1) is 7.38. The smallest absolute Gasteiger partial charge is 0.119 e. The average Bonchev–Trinajstić information content (AvgIpc) is 2.31. The third kappa shape index (κ3) is 3.41. The van der Waals surface area contributed by atoms with Crippen molar-refractivity contribution in [2.24, 2.45) is 0 Å². The van der Waals surface area contributed by atoms with Crippen LogP contribution in [0.5, 0.6) is 5.75 Å². The second-order valence-electron chi connectivity index (χ2n) is 3.70. The van der Waals surface area contributed by atoms with Gasteiger partial charge in [-0.05, 0) is 50.2 Å². The fourth-order valence-corrected chi connectivity index (χ4v) is 1.71. The number of benzene rings is 1. The van der Waals surface area contributed by atoms with E-state index in [4.69, 9.17) is 10.00 Å². The van der Waals surface area contributed by atoms with E-state index in [-0.39, 0.29) is 12.4 Å². The first-order valence-corrected chi connectivity index (χ1v) is 5.26. The van der Waals surface area contributed by atoms with E-state index in [9.17, 15) is 0 Å². The highest BCUT2D eigenvalue weighted by Gasteiger charge is 2.13. The number of halogens is 1. The van der Waals surface area contributed by atoms with Crippen LogP contribution in [0.25, 0.3) is 0 Å². The molecule has 0 saturated carbocycles. The summed E-state index contributed by atoms with van der Waals surface area (Å²) < 4.78 is 5.81. The summed E-state index contributed by atoms with van der Waals surface area (Å²) in [6.07, 6.45) is 2.43. The number of hydrogen-bond acceptors (Lipinski definition) is 3. The van der Waals surface area contributed by atoms with Crippen molar-refractivity contribution in [1.29, 1.82) is 5.26 Å². The van der Waals surface area contributed by atoms with Crippen LogP contribution in [0, 0.1) is 11.3 Å². The number of piperidine rings is 1. The topological polar surface area (TPSA) is 45.0 Å². The average molecular weight is 239 g/mol. The zero-order chi connectivity index (χ0) is 10.5. The van der Waals surface area contributed by atoms with Crippen molar-refractivity contribution in [3.63, 3.8) is 0 Å². The van der Waals surface area contributed by atoms with Crippen LogP contribution in [0.1, 0.15) is 18.4 Å². The number of nitrogens with zero attached hydrogens (tertiary/aromatic N) is 1. The Morgan fingerprint density at radius 1 is 1.19 bits per heavy atom. The minimum atomic E-state index is 0. The number of nitriles is 1. The number of hydrogen-bond donors (Lipinski definition) is 1. The molecule has 1 saturated heterocycles. The van der Waals surface area contributed by atoms with Gasteiger partial charge in [0.05, 0.1) is 11.6 Å². The summed E-state index contributed by atoms with van der Waals surface area (Å²) in [7, 11) is 0. The van der Waals surface area contributed by atoms with Gasteiger partial charge in [0.2, 0.25) is 0 Å². The summed E-state index contributed by atoms with van der Waals surface area (Å²) in [5, 5.41) is 11.9. The summed E-state index contributed by atoms with van der Waals surface area (Å²) in [6, 6.07) is 9.39. The SMILES string of the molecule is Cl.N#Cc1ccc(OC2CCNCC2)cc1. The van der Waals surface area contributed by atoms with Crippen LogP contribution in [0.2, 0.25) is 0 Å². The van der Waals surface area contributed by atoms with Crippen molar-refractivity contribution in [2.75, 3.05) is 13.1 Å². The lowest BCUT2D eigenvalue weighted by molar-refractivity contribution is 0.162. The zero-order valence-electron chi connectivity index (χ0n) is 8.98. The number of ether oxygens (including phenoxy) is 1. The van der Waals surface area contributed by atoms with E-state index in [1.165, 1.54) is 0 Å². The Morgan fingerprint density at radius 3 is 2.38 bits per heavy atom. The van der Waals surface area contributed by atoms with Crippen LogP contribution in [0.4, 0.5) is 0 Å². The lowest BCUT2D eigenvalue weighted by Crippen LogP contribution is -2.34. The van der Waals surface area contributed by atoms with Crippen LogP contribution >= 0.6 is 12.4 Å². The highest BCUT2D eigenvalue weighted by Crippen LogP contribution is 2.16. The molecular weight excluding hydrogens is 224 g/mol. The lowest BCUT2D eigenvalue weighted by atomic mass is 10.1. The van der Waals surface area contributed by atoms with Crippen molar-refractivity contribution in [2.45, 2.75) is 18.9 Å². The van der Waals surface area contributed by atoms with Crippen LogP contribution in [-0.2, 0) is 0 Å². The fourth-order valence-electron chi connectivity index (χ4n) is 1.71. The molecule has 0 unspecified atom stereocenters. The fraction of sp³-hybridized carbons (Fsp3) is 0.417. The molecule has 1 heterocycles. The maximum Gasteiger partial charge on any atom is 0.119 e. The molecule has 4 heteroatoms. The molecule has 1 aliphatic rings. The molecule has 1 fully saturated rings. The van der Waals surface area contributed by atoms with Gasteiger partial charge in [0.1, 0.15) is 11.9 Å². The van der Waals surface area contributed by atoms with Crippen LogP contribution in [0.3, 0.4) is 0 Å². The van der Waals surface area contributed by atoms with E-state index < -0.39 is 0 Å². The summed E-state index contributed by atoms with van der Waals surface area (Å²) in [5.41, 5.74) is 0.674. The first-order valence-electron chi connectivity index (χ1n) is 5.26. The largest absolute Gasteiger partial charge is 0.490 e. The number of rotatable bonds is 2. The van der Waals surface area contributed by atoms with Crippen molar-refractivity contribution in [3.05, 3.63) is 29.8 Å². The summed E-state index contributed by atoms with van der Waals surface area (Å²) in [4.78, 5) is 0. The van der Waals surface area contributed by atoms with Gasteiger partial charge in [-0.3, -0.25) is 0 Å². The van der Waals surface area contributed by atoms with E-state index >= 15 is 0 Å². The molecule has 1 aromatic carbocycles. The minimum absolute atomic E-state index is 0. The molecule has 0 aliphatic carbocycles. The van der Waals surface area contributed by atoms with Crippen LogP contribution < -0.4 is 10.1 Å². The third-order valence-electron chi connectivity index (χ3n) is 2.57. The summed E-state index contributed by atoms with van der Waals surface area (Å²) in [6.45, 7) is 2.06. The normalized spacial score (nSPS) is 15.9. The van der Waals surface area contributed by atoms with E-state index in [1.807, 2.05) is 12.1 Å². The van der Waals surface area contributed by atoms with Crippen LogP contribution in [0.15, 0.2) is 24.3 Å². The molecule has 86 valence electrons. The van der Waals surface area contributed by atoms with Gasteiger partial charge in [-0.15, -0.1) is 12.4 Å². The molecule has 16 heavy (non-hydrogen) atoms. The molecule has 0 amide bonds. The van der Waals surface area contributed by atoms with Gasteiger partial charge in [-0.1, -0.05) is 0 Å². The Hall–Kier alpha value is -1.24. The van der Waals surface area contributed by atoms with Crippen molar-refractivity contribution >= 4 is 12.4 Å². The Morgan fingerprint density at radius 2 is 1.81 bits per heavy atom. The third-order valence-corrected chi connectivity index (χ3v) is 2.57. The quantitative estimate of drug-likeness (QED) is 0.859. The molecule has 0 aromatic heterocycles. The maximum absolute atomic E-state index is 8.65. The predicted molar refractivity (Wildman–Crippen MR) is 64.9 cm³/mol. The highest BCUT2D eigenvalue weighted by molar-refractivity contribution is 5.85. The molecule has 0 spiro atoms. The van der Waals surface area contributed by atoms with Gasteiger partial charge in [0.15, 0.2) is 0 Å². The monoisotopic (exact) mass is 238 g/mol. The Kier molecular flexibility index (Phi) is 5.10. The van der Waals surface area contributed by atoms with Crippen molar-refractivity contribution in [1.82, 2.24) is 5.32 Å². The second-order valence-corrected chi connectivity index (χ2v) is 3.70. The molecule has 1 aromatic rings. The molecule has 2 rings (SSSR count). The van der Waals surface area contributed by atoms with Gasteiger partial charge in [-0.25, -0.2) is 0 Å². The molecule has 0 radical (unpaired) electrons. The second kappa shape index (κ2) is 6.37. The summed E-state index contributed by atoms with van der Waals surface area (Å²) >= 11 is 0. The van der Waals surface area contributed by atoms with Gasteiger partial charge >= 0.3 is 0 Å². The Bertz CT molecular complexity index is 352. The predicted octanol–water partition coefficient (Wildman–Crippen LogP) is 2.11. The highest BCUT2D eigenvalue weighted by atomic mass is 35.5. The molecule has 0 bridgehead atoms. The molecular formula is C12H15ClN2O. The Labute approximate surface area is 102 Å². The van der Waals surface area contributed by atoms with Crippen molar-refractivity contribution < 1.29 is 4.74 Å². The summed E-state index contributed by atoms with van der Waals surface area (Å²) in [5.74, 6) is 0.862. The van der Waals surface area contributed by atoms with E-state index in [2.05, 4.69) is 11.4 Å². The number of nitrogens with one attached hydrogen (secondary N) is 1. The standard InChI is InChI=1S/C12H14N2O.ClH/c13-9-10-1-3-11(4-2-10)15-12-5-7-14-8-6-12;/h1-4,12,14H,5-8H2;1H. The van der Waals surface area contributed by atoms with Gasteiger partial charge in [0.25, 0.3) is 0 Å². The van der Waals surface area contributed by atoms with Gasteiger partial charge in [0, 0.05) is 0 Å². The van der Waals surface area contributed by atoms with E-state index in [0.717, 1.165) is 31.7 Å². The van der Waals surface area contributed by atoms with Gasteiger partial charge in [-0.2, -0.15) is 5.26 Å². The van der Waals surface area contributed by atoms with E-state index in [0.29, 0.717) is 11.7 Å².